The third kappa shape index (κ3) is 11.8. The van der Waals surface area contributed by atoms with Gasteiger partial charge in [0, 0.05) is 44.3 Å². The first-order valence-electron chi connectivity index (χ1n) is 29.2. The topological polar surface area (TPSA) is 356 Å². The third-order valence-corrected chi connectivity index (χ3v) is 16.5. The molecule has 96 heavy (non-hydrogen) atoms. The van der Waals surface area contributed by atoms with Gasteiger partial charge in [-0.1, -0.05) is 97.1 Å². The zero-order chi connectivity index (χ0) is 67.4. The fraction of sp³-hybridized carbons (Fsp3) is 0. The number of carboxylic acids is 8. The molecule has 5 heterocycles. The molecule has 0 fully saturated rings. The molecule has 0 unspecified atom stereocenters. The van der Waals surface area contributed by atoms with Gasteiger partial charge in [-0.2, -0.15) is 0 Å². The SMILES string of the molecule is O=C(O)c1cc(C(=O)O)cc(-c2ccc(-c3c4nc(c(-c5ccc(-c6cc(C(=O)O)cc(C(=O)O)c6)cc5)c5ccc([nH]5)c(-c5ccc(-c6cc(C(=O)O)cc(C(=O)O)c6)cc5)c5nc(c(-c6ccc(-c7cc(C(=O)O)cc(C(=O)O)c7)cc6)c6ccc3[nH]6)C=C5)C=C4)cc2)c1. The van der Waals surface area contributed by atoms with Crippen LogP contribution in [0.3, 0.4) is 0 Å². The zero-order valence-corrected chi connectivity index (χ0v) is 49.5. The van der Waals surface area contributed by atoms with Gasteiger partial charge in [0.2, 0.25) is 0 Å². The summed E-state index contributed by atoms with van der Waals surface area (Å²) >= 11 is 0. The Balaban J connectivity index is 1.08. The molecular weight excluding hydrogens is 1220 g/mol. The number of nitrogens with zero attached hydrogens (tertiary/aromatic N) is 2. The highest BCUT2D eigenvalue weighted by molar-refractivity contribution is 6.04. The molecule has 466 valence electrons. The molecule has 2 aliphatic heterocycles. The lowest BCUT2D eigenvalue weighted by Crippen LogP contribution is -2.03. The van der Waals surface area contributed by atoms with E-state index < -0.39 is 47.8 Å². The van der Waals surface area contributed by atoms with Gasteiger partial charge in [0.1, 0.15) is 0 Å². The molecule has 0 aliphatic carbocycles. The number of aromatic carboxylic acids is 8. The van der Waals surface area contributed by atoms with Crippen LogP contribution in [0.4, 0.5) is 0 Å². The summed E-state index contributed by atoms with van der Waals surface area (Å²) in [6, 6.07) is 51.2. The summed E-state index contributed by atoms with van der Waals surface area (Å²) in [5, 5.41) is 79.5. The maximum atomic E-state index is 12.2. The van der Waals surface area contributed by atoms with Crippen LogP contribution in [0.5, 0.6) is 0 Å². The van der Waals surface area contributed by atoms with E-state index in [1.807, 2.05) is 48.6 Å². The molecule has 3 aromatic heterocycles. The molecule has 20 heteroatoms. The number of fused-ring (bicyclic) bond motifs is 8. The van der Waals surface area contributed by atoms with Gasteiger partial charge in [0.25, 0.3) is 0 Å². The Bertz CT molecular complexity index is 4670. The van der Waals surface area contributed by atoms with E-state index in [2.05, 4.69) is 9.97 Å². The van der Waals surface area contributed by atoms with Crippen LogP contribution in [-0.4, -0.2) is 109 Å². The second kappa shape index (κ2) is 24.4. The average Bonchev–Trinajstić information content (AvgIpc) is 1.52. The van der Waals surface area contributed by atoms with Gasteiger partial charge in [-0.15, -0.1) is 0 Å². The van der Waals surface area contributed by atoms with Crippen molar-refractivity contribution < 1.29 is 79.2 Å². The summed E-state index contributed by atoms with van der Waals surface area (Å²) in [6.45, 7) is 0. The largest absolute Gasteiger partial charge is 0.478 e. The highest BCUT2D eigenvalue weighted by Gasteiger charge is 2.23. The molecule has 0 spiro atoms. The second-order valence-corrected chi connectivity index (χ2v) is 22.4. The lowest BCUT2D eigenvalue weighted by molar-refractivity contribution is 0.0676. The molecule has 13 rings (SSSR count). The van der Waals surface area contributed by atoms with Crippen molar-refractivity contribution in [2.24, 2.45) is 0 Å². The smallest absolute Gasteiger partial charge is 0.335 e. The molecule has 0 radical (unpaired) electrons. The van der Waals surface area contributed by atoms with E-state index in [0.717, 1.165) is 24.3 Å². The Kier molecular flexibility index (Phi) is 15.5. The molecule has 0 amide bonds. The number of carboxylic acid groups (broad SMARTS) is 8. The predicted octanol–water partition coefficient (Wildman–Crippen LogP) is 15.6. The van der Waals surface area contributed by atoms with Crippen LogP contribution in [0.15, 0.2) is 194 Å². The fourth-order valence-electron chi connectivity index (χ4n) is 11.9. The van der Waals surface area contributed by atoms with E-state index in [9.17, 15) is 79.2 Å². The molecule has 0 atom stereocenters. The highest BCUT2D eigenvalue weighted by atomic mass is 16.4. The molecule has 8 aromatic carbocycles. The standard InChI is InChI=1S/C76H46N4O16/c81-69(82)49-25-45(26-50(33-49)70(83)84)37-1-9-41(10-2-37)65-57-17-19-59(77-57)66(42-11-3-38(4-12-42)46-27-51(71(85)86)34-52(28-46)72(87)88)61-21-23-63(79-61)68(44-15-7-40(8-16-44)48-31-55(75(93)94)36-56(32-48)76(95)96)64-24-22-62(80-64)67(60-20-18-58(65)78-60)43-13-5-39(6-14-43)47-29-53(73(89)90)35-54(30-47)74(91)92/h1-36,77,80H,(H,81,82)(H,83,84)(H,85,86)(H,87,88)(H,89,90)(H,91,92)(H,93,94)(H,95,96). The van der Waals surface area contributed by atoms with E-state index in [1.54, 1.807) is 97.1 Å². The summed E-state index contributed by atoms with van der Waals surface area (Å²) in [7, 11) is 0. The monoisotopic (exact) mass is 1270 g/mol. The number of aromatic nitrogens is 4. The average molecular weight is 1270 g/mol. The minimum Gasteiger partial charge on any atom is -0.478 e. The maximum absolute atomic E-state index is 12.2. The first-order chi connectivity index (χ1) is 46.1. The second-order valence-electron chi connectivity index (χ2n) is 22.4. The van der Waals surface area contributed by atoms with Gasteiger partial charge >= 0.3 is 47.8 Å². The molecule has 2 aliphatic rings. The van der Waals surface area contributed by atoms with Crippen LogP contribution in [0.1, 0.15) is 106 Å². The van der Waals surface area contributed by atoms with Crippen molar-refractivity contribution in [3.8, 4) is 89.0 Å². The Hall–Kier alpha value is -13.9. The van der Waals surface area contributed by atoms with Gasteiger partial charge in [-0.3, -0.25) is 0 Å². The van der Waals surface area contributed by atoms with E-state index in [4.69, 9.17) is 9.97 Å². The van der Waals surface area contributed by atoms with Crippen molar-refractivity contribution in [1.29, 1.82) is 0 Å². The Morgan fingerprint density at radius 2 is 0.365 bits per heavy atom. The van der Waals surface area contributed by atoms with Crippen molar-refractivity contribution in [2.45, 2.75) is 0 Å². The summed E-state index contributed by atoms with van der Waals surface area (Å²) in [4.78, 5) is 116. The van der Waals surface area contributed by atoms with Crippen LogP contribution in [0, 0.1) is 0 Å². The Labute approximate surface area is 541 Å². The van der Waals surface area contributed by atoms with Crippen molar-refractivity contribution in [2.75, 3.05) is 0 Å². The van der Waals surface area contributed by atoms with Crippen LogP contribution in [-0.2, 0) is 0 Å². The molecule has 8 bridgehead atoms. The highest BCUT2D eigenvalue weighted by Crippen LogP contribution is 2.41. The number of H-pyrrole nitrogens is 2. The van der Waals surface area contributed by atoms with Crippen molar-refractivity contribution in [3.05, 3.63) is 261 Å². The fourth-order valence-corrected chi connectivity index (χ4v) is 11.9. The predicted molar refractivity (Wildman–Crippen MR) is 358 cm³/mol. The quantitative estimate of drug-likeness (QED) is 0.0429. The van der Waals surface area contributed by atoms with E-state index in [-0.39, 0.29) is 44.5 Å². The molecule has 0 saturated carbocycles. The Morgan fingerprint density at radius 3 is 0.521 bits per heavy atom. The Morgan fingerprint density at radius 1 is 0.208 bits per heavy atom. The van der Waals surface area contributed by atoms with Crippen LogP contribution in [0.2, 0.25) is 0 Å². The molecule has 20 nitrogen and oxygen atoms in total. The van der Waals surface area contributed by atoms with Crippen LogP contribution in [0.25, 0.3) is 135 Å². The number of rotatable bonds is 16. The minimum absolute atomic E-state index is 0.221. The van der Waals surface area contributed by atoms with E-state index in [0.29, 0.717) is 134 Å². The summed E-state index contributed by atoms with van der Waals surface area (Å²) in [5.74, 6) is -10.5. The molecule has 10 N–H and O–H groups in total. The minimum atomic E-state index is -1.31. The van der Waals surface area contributed by atoms with E-state index >= 15 is 0 Å². The van der Waals surface area contributed by atoms with Crippen LogP contribution >= 0.6 is 0 Å². The van der Waals surface area contributed by atoms with Gasteiger partial charge in [0.05, 0.1) is 67.3 Å². The van der Waals surface area contributed by atoms with Gasteiger partial charge in [-0.05, 0) is 188 Å². The number of hydrogen-bond acceptors (Lipinski definition) is 10. The maximum Gasteiger partial charge on any atom is 0.335 e. The van der Waals surface area contributed by atoms with Gasteiger partial charge < -0.3 is 50.8 Å². The number of carbonyl (C=O) groups is 8. The van der Waals surface area contributed by atoms with Crippen molar-refractivity contribution >= 4 is 94.1 Å². The van der Waals surface area contributed by atoms with Crippen molar-refractivity contribution in [3.63, 3.8) is 0 Å². The molecule has 0 saturated heterocycles. The number of hydrogen-bond donors (Lipinski definition) is 10. The normalized spacial score (nSPS) is 11.5. The van der Waals surface area contributed by atoms with Crippen LogP contribution < -0.4 is 0 Å². The summed E-state index contributed by atoms with van der Waals surface area (Å²) < 4.78 is 0. The molecular formula is C76H46N4O16. The molecule has 11 aromatic rings. The number of nitrogens with one attached hydrogen (secondary N) is 2. The lowest BCUT2D eigenvalue weighted by Gasteiger charge is -2.10. The summed E-state index contributed by atoms with van der Waals surface area (Å²) in [6.07, 6.45) is 7.35. The number of benzene rings is 8. The number of aromatic amines is 2. The van der Waals surface area contributed by atoms with Crippen molar-refractivity contribution in [1.82, 2.24) is 19.9 Å². The summed E-state index contributed by atoms with van der Waals surface area (Å²) in [5.41, 5.74) is 10.5. The van der Waals surface area contributed by atoms with E-state index in [1.165, 1.54) is 48.5 Å². The first-order valence-corrected chi connectivity index (χ1v) is 29.2. The zero-order valence-electron chi connectivity index (χ0n) is 49.5. The third-order valence-electron chi connectivity index (χ3n) is 16.5. The van der Waals surface area contributed by atoms with Gasteiger partial charge in [-0.25, -0.2) is 48.3 Å². The lowest BCUT2D eigenvalue weighted by atomic mass is 9.96. The van der Waals surface area contributed by atoms with Gasteiger partial charge in [0.15, 0.2) is 0 Å². The first kappa shape index (κ1) is 61.0.